The maximum absolute atomic E-state index is 14.1. The Hall–Kier alpha value is -1.87. The Bertz CT molecular complexity index is 593. The standard InChI is InChI=1S/C18H22FNO/c1-12(2)10-13-4-6-14(7-5-13)18(20)16-9-8-15(21-3)11-17(16)19/h4-9,11-12,18H,10,20H2,1-3H3. The molecule has 1 unspecified atom stereocenters. The van der Waals surface area contributed by atoms with E-state index in [-0.39, 0.29) is 5.82 Å². The first kappa shape index (κ1) is 15.5. The van der Waals surface area contributed by atoms with Crippen LogP contribution in [0.25, 0.3) is 0 Å². The molecule has 0 bridgehead atoms. The first-order valence-corrected chi connectivity index (χ1v) is 7.19. The van der Waals surface area contributed by atoms with E-state index in [0.717, 1.165) is 12.0 Å². The van der Waals surface area contributed by atoms with E-state index in [9.17, 15) is 4.39 Å². The molecule has 0 heterocycles. The lowest BCUT2D eigenvalue weighted by molar-refractivity contribution is 0.410. The van der Waals surface area contributed by atoms with Crippen molar-refractivity contribution >= 4 is 0 Å². The van der Waals surface area contributed by atoms with Crippen molar-refractivity contribution < 1.29 is 9.13 Å². The molecule has 0 saturated carbocycles. The number of methoxy groups -OCH3 is 1. The van der Waals surface area contributed by atoms with E-state index in [2.05, 4.69) is 26.0 Å². The van der Waals surface area contributed by atoms with Crippen molar-refractivity contribution in [3.8, 4) is 5.75 Å². The maximum Gasteiger partial charge on any atom is 0.132 e. The normalized spacial score (nSPS) is 12.5. The van der Waals surface area contributed by atoms with E-state index >= 15 is 0 Å². The molecule has 3 heteroatoms. The second-order valence-corrected chi connectivity index (χ2v) is 5.70. The van der Waals surface area contributed by atoms with Crippen LogP contribution in [-0.4, -0.2) is 7.11 Å². The molecule has 2 nitrogen and oxygen atoms in total. The van der Waals surface area contributed by atoms with Crippen molar-refractivity contribution in [1.82, 2.24) is 0 Å². The molecule has 112 valence electrons. The third-order valence-corrected chi connectivity index (χ3v) is 3.53. The molecule has 0 saturated heterocycles. The lowest BCUT2D eigenvalue weighted by Crippen LogP contribution is -2.13. The minimum Gasteiger partial charge on any atom is -0.497 e. The van der Waals surface area contributed by atoms with Crippen LogP contribution in [0.4, 0.5) is 4.39 Å². The van der Waals surface area contributed by atoms with Crippen LogP contribution in [0.15, 0.2) is 42.5 Å². The van der Waals surface area contributed by atoms with Crippen LogP contribution >= 0.6 is 0 Å². The summed E-state index contributed by atoms with van der Waals surface area (Å²) in [5.74, 6) is 0.771. The van der Waals surface area contributed by atoms with Gasteiger partial charge in [0.25, 0.3) is 0 Å². The molecule has 2 N–H and O–H groups in total. The summed E-state index contributed by atoms with van der Waals surface area (Å²) in [6.45, 7) is 4.37. The molecule has 2 aromatic carbocycles. The molecule has 0 aliphatic carbocycles. The molecule has 0 aromatic heterocycles. The van der Waals surface area contributed by atoms with E-state index in [4.69, 9.17) is 10.5 Å². The Morgan fingerprint density at radius 1 is 1.10 bits per heavy atom. The average molecular weight is 287 g/mol. The third kappa shape index (κ3) is 3.82. The van der Waals surface area contributed by atoms with Crippen LogP contribution in [0, 0.1) is 11.7 Å². The van der Waals surface area contributed by atoms with E-state index in [1.54, 1.807) is 12.1 Å². The Labute approximate surface area is 125 Å². The molecule has 0 aliphatic heterocycles. The highest BCUT2D eigenvalue weighted by atomic mass is 19.1. The second kappa shape index (κ2) is 6.72. The van der Waals surface area contributed by atoms with Gasteiger partial charge in [-0.15, -0.1) is 0 Å². The molecule has 21 heavy (non-hydrogen) atoms. The monoisotopic (exact) mass is 287 g/mol. The lowest BCUT2D eigenvalue weighted by atomic mass is 9.96. The van der Waals surface area contributed by atoms with E-state index in [1.165, 1.54) is 18.7 Å². The van der Waals surface area contributed by atoms with Crippen molar-refractivity contribution in [3.05, 3.63) is 65.0 Å². The van der Waals surface area contributed by atoms with E-state index in [0.29, 0.717) is 17.2 Å². The van der Waals surface area contributed by atoms with Crippen molar-refractivity contribution in [3.63, 3.8) is 0 Å². The molecule has 0 aliphatic rings. The molecule has 0 fully saturated rings. The van der Waals surface area contributed by atoms with E-state index in [1.807, 2.05) is 12.1 Å². The summed E-state index contributed by atoms with van der Waals surface area (Å²) in [5.41, 5.74) is 8.84. The number of benzene rings is 2. The quantitative estimate of drug-likeness (QED) is 0.899. The second-order valence-electron chi connectivity index (χ2n) is 5.70. The van der Waals surface area contributed by atoms with Crippen LogP contribution in [0.2, 0.25) is 0 Å². The number of nitrogens with two attached hydrogens (primary N) is 1. The predicted molar refractivity (Wildman–Crippen MR) is 84.0 cm³/mol. The van der Waals surface area contributed by atoms with Crippen LogP contribution in [-0.2, 0) is 6.42 Å². The fraction of sp³-hybridized carbons (Fsp3) is 0.333. The van der Waals surface area contributed by atoms with Crippen LogP contribution in [0.5, 0.6) is 5.75 Å². The topological polar surface area (TPSA) is 35.2 Å². The lowest BCUT2D eigenvalue weighted by Gasteiger charge is -2.15. The van der Waals surface area contributed by atoms with Crippen LogP contribution < -0.4 is 10.5 Å². The summed E-state index contributed by atoms with van der Waals surface area (Å²) in [4.78, 5) is 0. The summed E-state index contributed by atoms with van der Waals surface area (Å²) < 4.78 is 19.1. The highest BCUT2D eigenvalue weighted by Crippen LogP contribution is 2.25. The summed E-state index contributed by atoms with van der Waals surface area (Å²) in [5, 5.41) is 0. The number of rotatable bonds is 5. The minimum absolute atomic E-state index is 0.340. The highest BCUT2D eigenvalue weighted by molar-refractivity contribution is 5.37. The molecule has 0 radical (unpaired) electrons. The van der Waals surface area contributed by atoms with Crippen LogP contribution in [0.1, 0.15) is 36.6 Å². The van der Waals surface area contributed by atoms with Crippen molar-refractivity contribution in [2.24, 2.45) is 11.7 Å². The van der Waals surface area contributed by atoms with Gasteiger partial charge in [-0.25, -0.2) is 4.39 Å². The average Bonchev–Trinajstić information content (AvgIpc) is 2.46. The predicted octanol–water partition coefficient (Wildman–Crippen LogP) is 4.08. The van der Waals surface area contributed by atoms with Gasteiger partial charge in [-0.05, 0) is 29.5 Å². The summed E-state index contributed by atoms with van der Waals surface area (Å²) >= 11 is 0. The van der Waals surface area contributed by atoms with Gasteiger partial charge in [-0.3, -0.25) is 0 Å². The van der Waals surface area contributed by atoms with Gasteiger partial charge in [0, 0.05) is 11.6 Å². The zero-order valence-corrected chi connectivity index (χ0v) is 12.8. The van der Waals surface area contributed by atoms with Gasteiger partial charge in [0.15, 0.2) is 0 Å². The number of hydrogen-bond donors (Lipinski definition) is 1. The number of hydrogen-bond acceptors (Lipinski definition) is 2. The minimum atomic E-state index is -0.469. The van der Waals surface area contributed by atoms with Gasteiger partial charge < -0.3 is 10.5 Å². The fourth-order valence-electron chi connectivity index (χ4n) is 2.40. The van der Waals surface area contributed by atoms with Gasteiger partial charge in [0.1, 0.15) is 11.6 Å². The molecule has 1 atom stereocenters. The Morgan fingerprint density at radius 3 is 2.29 bits per heavy atom. The highest BCUT2D eigenvalue weighted by Gasteiger charge is 2.14. The molecule has 0 amide bonds. The third-order valence-electron chi connectivity index (χ3n) is 3.53. The number of ether oxygens (including phenoxy) is 1. The molecular weight excluding hydrogens is 265 g/mol. The van der Waals surface area contributed by atoms with Gasteiger partial charge in [-0.1, -0.05) is 44.2 Å². The first-order valence-electron chi connectivity index (χ1n) is 7.19. The Balaban J connectivity index is 2.21. The molecule has 2 rings (SSSR count). The summed E-state index contributed by atoms with van der Waals surface area (Å²) in [7, 11) is 1.52. The zero-order chi connectivity index (χ0) is 15.4. The van der Waals surface area contributed by atoms with Gasteiger partial charge in [0.2, 0.25) is 0 Å². The summed E-state index contributed by atoms with van der Waals surface area (Å²) in [6, 6.07) is 12.4. The van der Waals surface area contributed by atoms with Crippen molar-refractivity contribution in [2.45, 2.75) is 26.3 Å². The Kier molecular flexibility index (Phi) is 4.97. The smallest absolute Gasteiger partial charge is 0.132 e. The zero-order valence-electron chi connectivity index (χ0n) is 12.8. The van der Waals surface area contributed by atoms with Gasteiger partial charge in [-0.2, -0.15) is 0 Å². The largest absolute Gasteiger partial charge is 0.497 e. The molecule has 2 aromatic rings. The van der Waals surface area contributed by atoms with Gasteiger partial charge >= 0.3 is 0 Å². The number of halogens is 1. The molecule has 0 spiro atoms. The van der Waals surface area contributed by atoms with Crippen LogP contribution in [0.3, 0.4) is 0 Å². The van der Waals surface area contributed by atoms with E-state index < -0.39 is 6.04 Å². The SMILES string of the molecule is COc1ccc(C(N)c2ccc(CC(C)C)cc2)c(F)c1. The molecular formula is C18H22FNO. The van der Waals surface area contributed by atoms with Gasteiger partial charge in [0.05, 0.1) is 13.2 Å². The fourth-order valence-corrected chi connectivity index (χ4v) is 2.40. The summed E-state index contributed by atoms with van der Waals surface area (Å²) in [6.07, 6.45) is 1.03. The first-order chi connectivity index (χ1) is 10.0. The Morgan fingerprint density at radius 2 is 1.76 bits per heavy atom. The maximum atomic E-state index is 14.1. The van der Waals surface area contributed by atoms with Crippen molar-refractivity contribution in [1.29, 1.82) is 0 Å². The van der Waals surface area contributed by atoms with Crippen molar-refractivity contribution in [2.75, 3.05) is 7.11 Å².